The minimum atomic E-state index is -3.51. The zero-order chi connectivity index (χ0) is 16.2. The summed E-state index contributed by atoms with van der Waals surface area (Å²) < 4.78 is 34.1. The molecule has 1 aromatic carbocycles. The fourth-order valence-electron chi connectivity index (χ4n) is 2.88. The Hall–Kier alpha value is -0.470. The van der Waals surface area contributed by atoms with E-state index in [2.05, 4.69) is 26.0 Å². The van der Waals surface area contributed by atoms with E-state index in [1.165, 1.54) is 0 Å². The van der Waals surface area contributed by atoms with Crippen molar-refractivity contribution in [1.82, 2.24) is 10.0 Å². The van der Waals surface area contributed by atoms with E-state index in [-0.39, 0.29) is 5.41 Å². The van der Waals surface area contributed by atoms with Crippen LogP contribution in [0.15, 0.2) is 27.6 Å². The Morgan fingerprint density at radius 3 is 2.64 bits per heavy atom. The molecule has 0 saturated carbocycles. The van der Waals surface area contributed by atoms with E-state index in [1.54, 1.807) is 26.2 Å². The number of piperidine rings is 1. The zero-order valence-electron chi connectivity index (χ0n) is 13.0. The van der Waals surface area contributed by atoms with Crippen LogP contribution in [0.4, 0.5) is 0 Å². The van der Waals surface area contributed by atoms with Crippen molar-refractivity contribution in [3.63, 3.8) is 0 Å². The molecule has 0 spiro atoms. The number of aryl methyl sites for hydroxylation is 1. The van der Waals surface area contributed by atoms with Gasteiger partial charge in [-0.25, -0.2) is 13.1 Å². The number of nitrogens with one attached hydrogen (secondary N) is 2. The van der Waals surface area contributed by atoms with E-state index in [1.807, 2.05) is 6.07 Å². The summed E-state index contributed by atoms with van der Waals surface area (Å²) in [7, 11) is -1.85. The summed E-state index contributed by atoms with van der Waals surface area (Å²) in [6.45, 7) is 4.55. The van der Waals surface area contributed by atoms with Crippen LogP contribution in [0, 0.1) is 12.3 Å². The third kappa shape index (κ3) is 4.29. The molecule has 0 radical (unpaired) electrons. The second-order valence-electron chi connectivity index (χ2n) is 5.92. The largest absolute Gasteiger partial charge is 0.384 e. The van der Waals surface area contributed by atoms with Crippen LogP contribution in [0.3, 0.4) is 0 Å². The minimum absolute atomic E-state index is 0.129. The number of sulfonamides is 1. The van der Waals surface area contributed by atoms with E-state index in [0.29, 0.717) is 18.0 Å². The van der Waals surface area contributed by atoms with Gasteiger partial charge in [-0.05, 0) is 56.6 Å². The molecule has 0 amide bonds. The Morgan fingerprint density at radius 2 is 2.05 bits per heavy atom. The van der Waals surface area contributed by atoms with Crippen molar-refractivity contribution in [2.24, 2.45) is 5.41 Å². The van der Waals surface area contributed by atoms with E-state index < -0.39 is 10.0 Å². The first-order valence-corrected chi connectivity index (χ1v) is 9.62. The molecular formula is C15H23BrN2O3S. The minimum Gasteiger partial charge on any atom is -0.384 e. The number of methoxy groups -OCH3 is 1. The lowest BCUT2D eigenvalue weighted by atomic mass is 9.80. The molecule has 124 valence electrons. The number of hydrogen-bond acceptors (Lipinski definition) is 4. The van der Waals surface area contributed by atoms with Crippen LogP contribution in [-0.4, -0.2) is 41.8 Å². The van der Waals surface area contributed by atoms with Crippen molar-refractivity contribution < 1.29 is 13.2 Å². The quantitative estimate of drug-likeness (QED) is 0.779. The molecule has 7 heteroatoms. The first kappa shape index (κ1) is 17.9. The Morgan fingerprint density at radius 1 is 1.36 bits per heavy atom. The number of halogens is 1. The monoisotopic (exact) mass is 390 g/mol. The van der Waals surface area contributed by atoms with Crippen LogP contribution in [0.2, 0.25) is 0 Å². The third-order valence-electron chi connectivity index (χ3n) is 4.18. The third-order valence-corrected chi connectivity index (χ3v) is 6.23. The Balaban J connectivity index is 2.14. The van der Waals surface area contributed by atoms with Gasteiger partial charge < -0.3 is 10.1 Å². The predicted molar refractivity (Wildman–Crippen MR) is 90.5 cm³/mol. The van der Waals surface area contributed by atoms with Gasteiger partial charge in [0.1, 0.15) is 0 Å². The molecule has 22 heavy (non-hydrogen) atoms. The Kier molecular flexibility index (Phi) is 6.01. The van der Waals surface area contributed by atoms with E-state index in [0.717, 1.165) is 36.0 Å². The standard InChI is InChI=1S/C15H23BrN2O3S/c1-12-9-13(16)3-4-14(12)22(19,20)18-10-15(11-21-2)5-7-17-8-6-15/h3-4,9,17-18H,5-8,10-11H2,1-2H3. The van der Waals surface area contributed by atoms with Gasteiger partial charge in [-0.2, -0.15) is 0 Å². The molecule has 0 bridgehead atoms. The van der Waals surface area contributed by atoms with Crippen molar-refractivity contribution in [1.29, 1.82) is 0 Å². The highest BCUT2D eigenvalue weighted by atomic mass is 79.9. The molecule has 5 nitrogen and oxygen atoms in total. The lowest BCUT2D eigenvalue weighted by Crippen LogP contribution is -2.47. The van der Waals surface area contributed by atoms with Crippen LogP contribution in [-0.2, 0) is 14.8 Å². The summed E-state index contributed by atoms with van der Waals surface area (Å²) in [5.41, 5.74) is 0.601. The molecule has 1 aromatic rings. The van der Waals surface area contributed by atoms with Crippen molar-refractivity contribution >= 4 is 26.0 Å². The van der Waals surface area contributed by atoms with Crippen molar-refractivity contribution in [2.45, 2.75) is 24.7 Å². The number of rotatable bonds is 6. The van der Waals surface area contributed by atoms with Gasteiger partial charge in [-0.15, -0.1) is 0 Å². The van der Waals surface area contributed by atoms with Gasteiger partial charge in [0.15, 0.2) is 0 Å². The highest BCUT2D eigenvalue weighted by Gasteiger charge is 2.33. The normalized spacial score (nSPS) is 18.3. The summed E-state index contributed by atoms with van der Waals surface area (Å²) in [6, 6.07) is 5.19. The molecule has 2 N–H and O–H groups in total. The number of ether oxygens (including phenoxy) is 1. The molecule has 0 aromatic heterocycles. The smallest absolute Gasteiger partial charge is 0.240 e. The Labute approximate surface area is 141 Å². The molecule has 1 aliphatic rings. The maximum atomic E-state index is 12.6. The van der Waals surface area contributed by atoms with Crippen molar-refractivity contribution in [3.05, 3.63) is 28.2 Å². The zero-order valence-corrected chi connectivity index (χ0v) is 15.4. The summed E-state index contributed by atoms with van der Waals surface area (Å²) in [6.07, 6.45) is 1.81. The molecule has 1 saturated heterocycles. The first-order valence-electron chi connectivity index (χ1n) is 7.34. The van der Waals surface area contributed by atoms with Gasteiger partial charge in [0.25, 0.3) is 0 Å². The lowest BCUT2D eigenvalue weighted by molar-refractivity contribution is 0.0577. The molecular weight excluding hydrogens is 368 g/mol. The fraction of sp³-hybridized carbons (Fsp3) is 0.600. The fourth-order valence-corrected chi connectivity index (χ4v) is 4.73. The van der Waals surface area contributed by atoms with E-state index in [4.69, 9.17) is 4.74 Å². The topological polar surface area (TPSA) is 67.4 Å². The molecule has 1 fully saturated rings. The summed E-state index contributed by atoms with van der Waals surface area (Å²) >= 11 is 3.35. The summed E-state index contributed by atoms with van der Waals surface area (Å²) in [5.74, 6) is 0. The number of hydrogen-bond donors (Lipinski definition) is 2. The van der Waals surface area contributed by atoms with Crippen molar-refractivity contribution in [3.8, 4) is 0 Å². The van der Waals surface area contributed by atoms with Crippen molar-refractivity contribution in [2.75, 3.05) is 33.4 Å². The maximum absolute atomic E-state index is 12.6. The SMILES string of the molecule is COCC1(CNS(=O)(=O)c2ccc(Br)cc2C)CCNCC1. The predicted octanol–water partition coefficient (Wildman–Crippen LogP) is 2.05. The van der Waals surface area contributed by atoms with Crippen LogP contribution in [0.5, 0.6) is 0 Å². The molecule has 0 unspecified atom stereocenters. The molecule has 1 heterocycles. The molecule has 1 aliphatic heterocycles. The highest BCUT2D eigenvalue weighted by Crippen LogP contribution is 2.29. The van der Waals surface area contributed by atoms with Gasteiger partial charge in [0, 0.05) is 23.5 Å². The van der Waals surface area contributed by atoms with Gasteiger partial charge in [-0.3, -0.25) is 0 Å². The van der Waals surface area contributed by atoms with Gasteiger partial charge in [-0.1, -0.05) is 15.9 Å². The van der Waals surface area contributed by atoms with Crippen LogP contribution in [0.25, 0.3) is 0 Å². The first-order chi connectivity index (χ1) is 10.4. The molecule has 2 rings (SSSR count). The molecule has 0 aliphatic carbocycles. The lowest BCUT2D eigenvalue weighted by Gasteiger charge is -2.37. The van der Waals surface area contributed by atoms with Gasteiger partial charge in [0.2, 0.25) is 10.0 Å². The van der Waals surface area contributed by atoms with Crippen LogP contribution in [0.1, 0.15) is 18.4 Å². The number of benzene rings is 1. The highest BCUT2D eigenvalue weighted by molar-refractivity contribution is 9.10. The second-order valence-corrected chi connectivity index (χ2v) is 8.57. The Bertz CT molecular complexity index is 608. The molecule has 0 atom stereocenters. The second kappa shape index (κ2) is 7.40. The van der Waals surface area contributed by atoms with Crippen LogP contribution < -0.4 is 10.0 Å². The van der Waals surface area contributed by atoms with Gasteiger partial charge in [0.05, 0.1) is 11.5 Å². The average Bonchev–Trinajstić information content (AvgIpc) is 2.46. The van der Waals surface area contributed by atoms with E-state index in [9.17, 15) is 8.42 Å². The maximum Gasteiger partial charge on any atom is 0.240 e. The van der Waals surface area contributed by atoms with Gasteiger partial charge >= 0.3 is 0 Å². The van der Waals surface area contributed by atoms with Crippen LogP contribution >= 0.6 is 15.9 Å². The average molecular weight is 391 g/mol. The van der Waals surface area contributed by atoms with E-state index >= 15 is 0 Å². The summed E-state index contributed by atoms with van der Waals surface area (Å²) in [5, 5.41) is 3.30. The summed E-state index contributed by atoms with van der Waals surface area (Å²) in [4.78, 5) is 0.331.